The van der Waals surface area contributed by atoms with Crippen molar-refractivity contribution in [2.75, 3.05) is 46.5 Å². The normalized spacial score (nSPS) is 15.7. The summed E-state index contributed by atoms with van der Waals surface area (Å²) in [5, 5.41) is 12.8. The number of benzene rings is 2. The third-order valence-corrected chi connectivity index (χ3v) is 7.68. The predicted molar refractivity (Wildman–Crippen MR) is 154 cm³/mol. The van der Waals surface area contributed by atoms with Crippen LogP contribution in [0, 0.1) is 11.3 Å². The lowest BCUT2D eigenvalue weighted by molar-refractivity contribution is 0.0254. The maximum Gasteiger partial charge on any atom is 0.251 e. The number of nitrogens with one attached hydrogen (secondary N) is 1. The number of pyridine rings is 1. The minimum atomic E-state index is -0.138. The highest BCUT2D eigenvalue weighted by Gasteiger charge is 2.20. The molecule has 0 unspecified atom stereocenters. The fraction of sp³-hybridized carbons (Fsp3) is 0.344. The van der Waals surface area contributed by atoms with Gasteiger partial charge in [0.05, 0.1) is 31.5 Å². The number of hydrogen-bond acceptors (Lipinski definition) is 8. The Morgan fingerprint density at radius 1 is 1.10 bits per heavy atom. The number of likely N-dealkylation sites (tertiary alicyclic amines) is 1. The number of hydrogen-bond donors (Lipinski definition) is 1. The largest absolute Gasteiger partial charge is 0.496 e. The van der Waals surface area contributed by atoms with Crippen LogP contribution < -0.4 is 14.8 Å². The molecule has 6 rings (SSSR count). The predicted octanol–water partition coefficient (Wildman–Crippen LogP) is 5.04. The number of fused-ring (bicyclic) bond motifs is 1. The molecule has 9 nitrogen and oxygen atoms in total. The average molecular weight is 553 g/mol. The maximum absolute atomic E-state index is 12.7. The Morgan fingerprint density at radius 2 is 1.95 bits per heavy atom. The van der Waals surface area contributed by atoms with E-state index < -0.39 is 0 Å². The minimum absolute atomic E-state index is 0.0414. The fourth-order valence-corrected chi connectivity index (χ4v) is 5.23. The molecule has 2 aliphatic heterocycles. The molecule has 0 spiro atoms. The molecule has 9 heteroatoms. The van der Waals surface area contributed by atoms with Crippen LogP contribution in [0.5, 0.6) is 11.5 Å². The molecule has 4 aromatic rings. The Morgan fingerprint density at radius 3 is 2.71 bits per heavy atom. The number of rotatable bonds is 9. The van der Waals surface area contributed by atoms with Gasteiger partial charge >= 0.3 is 0 Å². The summed E-state index contributed by atoms with van der Waals surface area (Å²) in [6.07, 6.45) is 4.60. The van der Waals surface area contributed by atoms with E-state index in [1.165, 1.54) is 6.42 Å². The first-order chi connectivity index (χ1) is 20.1. The van der Waals surface area contributed by atoms with Crippen LogP contribution in [-0.2, 0) is 4.74 Å². The number of nitrogens with zero attached hydrogens (tertiary/aromatic N) is 3. The molecule has 0 aliphatic carbocycles. The zero-order valence-corrected chi connectivity index (χ0v) is 23.0. The van der Waals surface area contributed by atoms with Crippen LogP contribution in [0.1, 0.15) is 35.2 Å². The highest BCUT2D eigenvalue weighted by atomic mass is 16.5. The van der Waals surface area contributed by atoms with E-state index in [0.717, 1.165) is 43.6 Å². The van der Waals surface area contributed by atoms with Gasteiger partial charge in [-0.25, -0.2) is 0 Å². The summed E-state index contributed by atoms with van der Waals surface area (Å²) >= 11 is 0. The summed E-state index contributed by atoms with van der Waals surface area (Å²) < 4.78 is 23.5. The van der Waals surface area contributed by atoms with Gasteiger partial charge in [-0.1, -0.05) is 6.07 Å². The van der Waals surface area contributed by atoms with Crippen molar-refractivity contribution in [1.29, 1.82) is 5.26 Å². The molecule has 4 heterocycles. The lowest BCUT2D eigenvalue weighted by atomic mass is 10.0. The van der Waals surface area contributed by atoms with Crippen molar-refractivity contribution in [3.8, 4) is 40.0 Å². The summed E-state index contributed by atoms with van der Waals surface area (Å²) in [6.45, 7) is 5.00. The van der Waals surface area contributed by atoms with Crippen molar-refractivity contribution in [3.63, 3.8) is 0 Å². The van der Waals surface area contributed by atoms with Crippen LogP contribution in [0.2, 0.25) is 0 Å². The second-order valence-corrected chi connectivity index (χ2v) is 10.3. The topological polar surface area (TPSA) is 110 Å². The van der Waals surface area contributed by atoms with Crippen LogP contribution in [0.15, 0.2) is 59.1 Å². The molecule has 41 heavy (non-hydrogen) atoms. The first-order valence-electron chi connectivity index (χ1n) is 14.0. The number of carbonyl (C=O) groups is 1. The zero-order valence-electron chi connectivity index (χ0n) is 23.0. The van der Waals surface area contributed by atoms with E-state index in [-0.39, 0.29) is 12.0 Å². The molecular formula is C32H32N4O5. The van der Waals surface area contributed by atoms with Crippen molar-refractivity contribution < 1.29 is 23.4 Å². The maximum atomic E-state index is 12.7. The van der Waals surface area contributed by atoms with Crippen molar-refractivity contribution >= 4 is 17.0 Å². The quantitative estimate of drug-likeness (QED) is 0.308. The first kappa shape index (κ1) is 26.8. The lowest BCUT2D eigenvalue weighted by Crippen LogP contribution is -2.42. The van der Waals surface area contributed by atoms with Gasteiger partial charge in [0.15, 0.2) is 5.58 Å². The molecule has 1 N–H and O–H groups in total. The Balaban J connectivity index is 1.25. The third-order valence-electron chi connectivity index (χ3n) is 7.68. The summed E-state index contributed by atoms with van der Waals surface area (Å²) in [5.41, 5.74) is 4.61. The number of ether oxygens (including phenoxy) is 3. The molecule has 0 bridgehead atoms. The van der Waals surface area contributed by atoms with E-state index in [1.54, 1.807) is 25.4 Å². The van der Waals surface area contributed by atoms with E-state index in [2.05, 4.69) is 21.3 Å². The van der Waals surface area contributed by atoms with Gasteiger partial charge in [-0.05, 0) is 61.5 Å². The van der Waals surface area contributed by atoms with E-state index in [0.29, 0.717) is 64.8 Å². The average Bonchev–Trinajstić information content (AvgIpc) is 3.43. The van der Waals surface area contributed by atoms with Crippen LogP contribution in [0.4, 0.5) is 0 Å². The van der Waals surface area contributed by atoms with E-state index >= 15 is 0 Å². The molecule has 2 aliphatic rings. The van der Waals surface area contributed by atoms with Crippen molar-refractivity contribution in [3.05, 3.63) is 65.9 Å². The Bertz CT molecular complexity index is 1600. The van der Waals surface area contributed by atoms with Gasteiger partial charge in [0.2, 0.25) is 0 Å². The molecule has 1 amide bonds. The monoisotopic (exact) mass is 552 g/mol. The van der Waals surface area contributed by atoms with E-state index in [1.807, 2.05) is 36.4 Å². The smallest absolute Gasteiger partial charge is 0.251 e. The van der Waals surface area contributed by atoms with Crippen LogP contribution >= 0.6 is 0 Å². The lowest BCUT2D eigenvalue weighted by Gasteiger charge is -2.30. The van der Waals surface area contributed by atoms with Crippen LogP contribution in [-0.4, -0.2) is 68.4 Å². The number of carbonyl (C=O) groups excluding carboxylic acids is 1. The number of methoxy groups -OCH3 is 1. The van der Waals surface area contributed by atoms with E-state index in [4.69, 9.17) is 18.6 Å². The Kier molecular flexibility index (Phi) is 7.85. The summed E-state index contributed by atoms with van der Waals surface area (Å²) in [5.74, 6) is 1.54. The highest BCUT2D eigenvalue weighted by Crippen LogP contribution is 2.38. The Hall–Kier alpha value is -4.39. The highest BCUT2D eigenvalue weighted by molar-refractivity contribution is 5.96. The van der Waals surface area contributed by atoms with E-state index in [9.17, 15) is 10.1 Å². The summed E-state index contributed by atoms with van der Waals surface area (Å²) in [6, 6.07) is 16.9. The van der Waals surface area contributed by atoms with Crippen molar-refractivity contribution in [2.45, 2.75) is 25.4 Å². The van der Waals surface area contributed by atoms with Crippen molar-refractivity contribution in [2.24, 2.45) is 0 Å². The first-order valence-corrected chi connectivity index (χ1v) is 14.0. The molecule has 2 aromatic heterocycles. The van der Waals surface area contributed by atoms with Gasteiger partial charge in [0, 0.05) is 49.3 Å². The molecular weight excluding hydrogens is 520 g/mol. The molecule has 210 valence electrons. The van der Waals surface area contributed by atoms with Gasteiger partial charge in [-0.15, -0.1) is 0 Å². The van der Waals surface area contributed by atoms with Gasteiger partial charge < -0.3 is 28.8 Å². The van der Waals surface area contributed by atoms with Crippen molar-refractivity contribution in [1.82, 2.24) is 15.2 Å². The molecule has 0 radical (unpaired) electrons. The zero-order chi connectivity index (χ0) is 28.2. The molecule has 2 saturated heterocycles. The van der Waals surface area contributed by atoms with Gasteiger partial charge in [-0.3, -0.25) is 9.78 Å². The summed E-state index contributed by atoms with van der Waals surface area (Å²) in [7, 11) is 1.57. The minimum Gasteiger partial charge on any atom is -0.496 e. The second kappa shape index (κ2) is 12.0. The van der Waals surface area contributed by atoms with Crippen LogP contribution in [0.25, 0.3) is 33.6 Å². The summed E-state index contributed by atoms with van der Waals surface area (Å²) in [4.78, 5) is 19.5. The number of nitriles is 1. The Labute approximate surface area is 238 Å². The molecule has 0 saturated carbocycles. The molecule has 2 aromatic carbocycles. The molecule has 0 atom stereocenters. The SMILES string of the molecule is COc1cc(C(=O)NCCN2CCC2)ccc1-c1cc2nccc(-c3ccc(OC4CCOCC4)c(C#N)c3)c2o1. The van der Waals surface area contributed by atoms with Gasteiger partial charge in [0.1, 0.15) is 34.9 Å². The number of aromatic nitrogens is 1. The third kappa shape index (κ3) is 5.75. The standard InChI is InChI=1S/C32H32N4O5/c1-38-29-18-22(32(37)35-11-14-36-12-2-13-36)3-5-26(29)30-19-27-31(41-30)25(7-10-34-27)21-4-6-28(23(17-21)20-33)40-24-8-15-39-16-9-24/h3-7,10,17-19,24H,2,8-9,11-16H2,1H3,(H,35,37). The fourth-order valence-electron chi connectivity index (χ4n) is 5.23. The van der Waals surface area contributed by atoms with Crippen LogP contribution in [0.3, 0.4) is 0 Å². The molecule has 2 fully saturated rings. The second-order valence-electron chi connectivity index (χ2n) is 10.3. The number of furan rings is 1. The van der Waals surface area contributed by atoms with Gasteiger partial charge in [-0.2, -0.15) is 5.26 Å². The van der Waals surface area contributed by atoms with Gasteiger partial charge in [0.25, 0.3) is 5.91 Å². The number of amides is 1.